The summed E-state index contributed by atoms with van der Waals surface area (Å²) >= 11 is 5.99. The molecule has 1 aromatic carbocycles. The molecule has 0 heterocycles. The lowest BCUT2D eigenvalue weighted by Crippen LogP contribution is -2.45. The highest BCUT2D eigenvalue weighted by molar-refractivity contribution is 6.21. The van der Waals surface area contributed by atoms with Crippen LogP contribution in [0.25, 0.3) is 0 Å². The van der Waals surface area contributed by atoms with Crippen molar-refractivity contribution in [3.8, 4) is 0 Å². The number of benzene rings is 1. The van der Waals surface area contributed by atoms with Gasteiger partial charge in [-0.1, -0.05) is 30.3 Å². The summed E-state index contributed by atoms with van der Waals surface area (Å²) in [4.78, 5) is 14.5. The van der Waals surface area contributed by atoms with Gasteiger partial charge in [0.2, 0.25) is 5.91 Å². The molecule has 1 amide bonds. The summed E-state index contributed by atoms with van der Waals surface area (Å²) in [6.07, 6.45) is 2.07. The molecule has 0 atom stereocenters. The number of carbonyl (C=O) groups is 1. The first-order valence-electron chi connectivity index (χ1n) is 6.86. The van der Waals surface area contributed by atoms with Gasteiger partial charge < -0.3 is 4.90 Å². The minimum Gasteiger partial charge on any atom is -0.345 e. The van der Waals surface area contributed by atoms with E-state index < -0.39 is 5.41 Å². The van der Waals surface area contributed by atoms with E-state index in [1.54, 1.807) is 0 Å². The molecule has 1 aliphatic rings. The van der Waals surface area contributed by atoms with Crippen LogP contribution in [0.3, 0.4) is 0 Å². The summed E-state index contributed by atoms with van der Waals surface area (Å²) in [6.45, 7) is 4.80. The molecule has 19 heavy (non-hydrogen) atoms. The van der Waals surface area contributed by atoms with Gasteiger partial charge in [-0.3, -0.25) is 4.79 Å². The van der Waals surface area contributed by atoms with E-state index in [0.717, 1.165) is 24.9 Å². The van der Waals surface area contributed by atoms with E-state index in [1.165, 1.54) is 0 Å². The lowest BCUT2D eigenvalue weighted by atomic mass is 9.81. The number of nitrogens with zero attached hydrogens (tertiary/aromatic N) is 1. The molecule has 0 aromatic heterocycles. The molecule has 1 saturated carbocycles. The number of halogens is 1. The number of carbonyl (C=O) groups excluding carboxylic acids is 1. The molecule has 0 unspecified atom stereocenters. The average Bonchev–Trinajstić information content (AvgIpc) is 2.37. The number of hydrogen-bond donors (Lipinski definition) is 0. The van der Waals surface area contributed by atoms with Crippen molar-refractivity contribution in [1.82, 2.24) is 4.90 Å². The second-order valence-electron chi connectivity index (χ2n) is 6.11. The van der Waals surface area contributed by atoms with Crippen LogP contribution in [0.2, 0.25) is 0 Å². The first-order valence-corrected chi connectivity index (χ1v) is 7.30. The van der Waals surface area contributed by atoms with Gasteiger partial charge in [0.25, 0.3) is 0 Å². The number of likely N-dealkylation sites (N-methyl/N-ethyl adjacent to an activating group) is 1. The van der Waals surface area contributed by atoms with Crippen LogP contribution in [0.1, 0.15) is 32.3 Å². The van der Waals surface area contributed by atoms with Crippen molar-refractivity contribution < 1.29 is 4.79 Å². The predicted octanol–water partition coefficient (Wildman–Crippen LogP) is 3.44. The van der Waals surface area contributed by atoms with Gasteiger partial charge in [0.05, 0.1) is 5.41 Å². The molecule has 104 valence electrons. The van der Waals surface area contributed by atoms with E-state index in [2.05, 4.69) is 0 Å². The zero-order valence-corrected chi connectivity index (χ0v) is 12.7. The van der Waals surface area contributed by atoms with Crippen molar-refractivity contribution in [3.63, 3.8) is 0 Å². The molecule has 0 saturated heterocycles. The maximum Gasteiger partial charge on any atom is 0.232 e. The minimum atomic E-state index is -0.472. The van der Waals surface area contributed by atoms with Crippen LogP contribution in [-0.2, 0) is 10.2 Å². The molecular formula is C16H22ClNO. The van der Waals surface area contributed by atoms with Crippen molar-refractivity contribution in [1.29, 1.82) is 0 Å². The topological polar surface area (TPSA) is 20.3 Å². The molecule has 2 nitrogen and oxygen atoms in total. The fourth-order valence-electron chi connectivity index (χ4n) is 2.73. The molecule has 1 aliphatic carbocycles. The molecule has 3 heteroatoms. The van der Waals surface area contributed by atoms with Crippen LogP contribution in [0.4, 0.5) is 0 Å². The van der Waals surface area contributed by atoms with E-state index in [1.807, 2.05) is 56.1 Å². The Labute approximate surface area is 120 Å². The van der Waals surface area contributed by atoms with E-state index in [4.69, 9.17) is 11.6 Å². The van der Waals surface area contributed by atoms with Crippen molar-refractivity contribution in [2.75, 3.05) is 13.6 Å². The summed E-state index contributed by atoms with van der Waals surface area (Å²) < 4.78 is 0. The molecule has 0 radical (unpaired) electrons. The Balaban J connectivity index is 2.01. The highest BCUT2D eigenvalue weighted by Crippen LogP contribution is 2.33. The van der Waals surface area contributed by atoms with Crippen molar-refractivity contribution >= 4 is 17.5 Å². The molecule has 1 aromatic rings. The van der Waals surface area contributed by atoms with Crippen LogP contribution < -0.4 is 0 Å². The fraction of sp³-hybridized carbons (Fsp3) is 0.562. The summed E-state index contributed by atoms with van der Waals surface area (Å²) in [5, 5.41) is 0.315. The van der Waals surface area contributed by atoms with Crippen molar-refractivity contribution in [3.05, 3.63) is 35.9 Å². The fourth-order valence-corrected chi connectivity index (χ4v) is 3.23. The van der Waals surface area contributed by atoms with Crippen LogP contribution in [-0.4, -0.2) is 29.8 Å². The van der Waals surface area contributed by atoms with Gasteiger partial charge in [-0.05, 0) is 38.2 Å². The summed E-state index contributed by atoms with van der Waals surface area (Å²) in [6, 6.07) is 9.97. The molecular weight excluding hydrogens is 258 g/mol. The first-order chi connectivity index (χ1) is 8.91. The van der Waals surface area contributed by atoms with Crippen molar-refractivity contribution in [2.45, 2.75) is 37.5 Å². The summed E-state index contributed by atoms with van der Waals surface area (Å²) in [5.74, 6) is 0.750. The van der Waals surface area contributed by atoms with Gasteiger partial charge in [-0.2, -0.15) is 0 Å². The number of alkyl halides is 1. The van der Waals surface area contributed by atoms with Gasteiger partial charge in [-0.25, -0.2) is 0 Å². The van der Waals surface area contributed by atoms with Gasteiger partial charge in [0.1, 0.15) is 0 Å². The molecule has 0 N–H and O–H groups in total. The van der Waals surface area contributed by atoms with Gasteiger partial charge in [0.15, 0.2) is 0 Å². The van der Waals surface area contributed by atoms with Crippen LogP contribution in [0.5, 0.6) is 0 Å². The van der Waals surface area contributed by atoms with Crippen molar-refractivity contribution in [2.24, 2.45) is 5.92 Å². The summed E-state index contributed by atoms with van der Waals surface area (Å²) in [5.41, 5.74) is 0.593. The maximum absolute atomic E-state index is 12.6. The van der Waals surface area contributed by atoms with Gasteiger partial charge in [0, 0.05) is 19.0 Å². The quantitative estimate of drug-likeness (QED) is 0.773. The Kier molecular flexibility index (Phi) is 4.19. The maximum atomic E-state index is 12.6. The van der Waals surface area contributed by atoms with Gasteiger partial charge >= 0.3 is 0 Å². The zero-order valence-electron chi connectivity index (χ0n) is 11.9. The van der Waals surface area contributed by atoms with E-state index in [0.29, 0.717) is 11.3 Å². The molecule has 0 bridgehead atoms. The molecule has 2 rings (SSSR count). The smallest absolute Gasteiger partial charge is 0.232 e. The Morgan fingerprint density at radius 1 is 1.32 bits per heavy atom. The largest absolute Gasteiger partial charge is 0.345 e. The number of amides is 1. The molecule has 1 fully saturated rings. The van der Waals surface area contributed by atoms with E-state index >= 15 is 0 Å². The van der Waals surface area contributed by atoms with E-state index in [9.17, 15) is 4.79 Å². The van der Waals surface area contributed by atoms with Crippen LogP contribution in [0, 0.1) is 5.92 Å². The highest BCUT2D eigenvalue weighted by Gasteiger charge is 2.35. The second-order valence-corrected chi connectivity index (χ2v) is 6.73. The predicted molar refractivity (Wildman–Crippen MR) is 79.5 cm³/mol. The second kappa shape index (κ2) is 5.54. The third-order valence-corrected chi connectivity index (χ3v) is 4.44. The van der Waals surface area contributed by atoms with E-state index in [-0.39, 0.29) is 5.91 Å². The third-order valence-electron chi connectivity index (χ3n) is 4.09. The first kappa shape index (κ1) is 14.4. The monoisotopic (exact) mass is 279 g/mol. The Morgan fingerprint density at radius 2 is 1.89 bits per heavy atom. The minimum absolute atomic E-state index is 0.178. The number of rotatable bonds is 4. The third kappa shape index (κ3) is 3.11. The van der Waals surface area contributed by atoms with Crippen LogP contribution in [0.15, 0.2) is 30.3 Å². The van der Waals surface area contributed by atoms with Gasteiger partial charge in [-0.15, -0.1) is 11.6 Å². The summed E-state index contributed by atoms with van der Waals surface area (Å²) in [7, 11) is 1.90. The Morgan fingerprint density at radius 3 is 2.42 bits per heavy atom. The number of hydrogen-bond acceptors (Lipinski definition) is 1. The lowest BCUT2D eigenvalue weighted by Gasteiger charge is -2.37. The van der Waals surface area contributed by atoms with Crippen LogP contribution >= 0.6 is 11.6 Å². The highest BCUT2D eigenvalue weighted by atomic mass is 35.5. The zero-order chi connectivity index (χ0) is 14.0. The standard InChI is InChI=1S/C16H22ClNO/c1-16(2,13-7-5-4-6-8-13)15(19)18(3)11-12-9-14(17)10-12/h4-8,12,14H,9-11H2,1-3H3. The Bertz CT molecular complexity index is 437. The Hall–Kier alpha value is -1.02. The molecule has 0 aliphatic heterocycles. The molecule has 0 spiro atoms. The lowest BCUT2D eigenvalue weighted by molar-refractivity contribution is -0.135. The normalized spacial score (nSPS) is 22.7. The average molecular weight is 280 g/mol. The SMILES string of the molecule is CN(CC1CC(Cl)C1)C(=O)C(C)(C)c1ccccc1.